The Balaban J connectivity index is 1.18. The van der Waals surface area contributed by atoms with Gasteiger partial charge < -0.3 is 14.4 Å². The first-order chi connectivity index (χ1) is 17.9. The molecule has 9 nitrogen and oxygen atoms in total. The maximum atomic E-state index is 12.6. The number of ether oxygens (including phenoxy) is 2. The monoisotopic (exact) mass is 522 g/mol. The third kappa shape index (κ3) is 7.29. The van der Waals surface area contributed by atoms with Gasteiger partial charge in [-0.2, -0.15) is 0 Å². The quantitative estimate of drug-likeness (QED) is 0.439. The number of carbonyl (C=O) groups excluding carboxylic acids is 3. The number of hydrogen-bond acceptors (Lipinski definition) is 7. The summed E-state index contributed by atoms with van der Waals surface area (Å²) in [5.41, 5.74) is 7.25. The van der Waals surface area contributed by atoms with Crippen molar-refractivity contribution in [2.75, 3.05) is 26.3 Å². The summed E-state index contributed by atoms with van der Waals surface area (Å²) in [5.74, 6) is 0.417. The van der Waals surface area contributed by atoms with Gasteiger partial charge in [-0.1, -0.05) is 24.3 Å². The summed E-state index contributed by atoms with van der Waals surface area (Å²) in [5, 5.41) is 2.52. The molecule has 4 rings (SSSR count). The number of benzene rings is 2. The molecule has 0 unspecified atom stereocenters. The first-order valence-corrected chi connectivity index (χ1v) is 13.0. The molecule has 2 aromatic carbocycles. The van der Waals surface area contributed by atoms with Crippen LogP contribution in [0.5, 0.6) is 11.5 Å². The second kappa shape index (κ2) is 12.4. The van der Waals surface area contributed by atoms with Crippen molar-refractivity contribution in [3.8, 4) is 11.5 Å². The normalized spacial score (nSPS) is 13.6. The Hall–Kier alpha value is -3.92. The van der Waals surface area contributed by atoms with Crippen LogP contribution in [0.15, 0.2) is 53.9 Å². The molecule has 1 fully saturated rings. The van der Waals surface area contributed by atoms with Gasteiger partial charge in [-0.25, -0.2) is 4.98 Å². The summed E-state index contributed by atoms with van der Waals surface area (Å²) in [7, 11) is 0. The van der Waals surface area contributed by atoms with Crippen molar-refractivity contribution in [1.29, 1.82) is 0 Å². The molecule has 0 bridgehead atoms. The minimum absolute atomic E-state index is 0.0108. The van der Waals surface area contributed by atoms with Gasteiger partial charge >= 0.3 is 0 Å². The van der Waals surface area contributed by atoms with Crippen LogP contribution in [-0.2, 0) is 9.59 Å². The number of amides is 3. The van der Waals surface area contributed by atoms with Gasteiger partial charge in [0.05, 0.1) is 5.01 Å². The van der Waals surface area contributed by atoms with Crippen molar-refractivity contribution in [3.05, 3.63) is 75.7 Å². The third-order valence-electron chi connectivity index (χ3n) is 6.22. The molecule has 0 aliphatic carbocycles. The van der Waals surface area contributed by atoms with Gasteiger partial charge in [-0.3, -0.25) is 25.2 Å². The standard InChI is InChI=1S/C27H30N4O5S/c1-18-8-9-22(14-19(18)2)36-16-25(33)31-12-10-20(11-13-31)27-28-23(17-37-27)26(34)30-29-24(32)15-35-21-6-4-3-5-7-21/h3-9,14,17,20H,10-13,15-16H2,1-2H3,(H,29,32)(H,30,34). The van der Waals surface area contributed by atoms with E-state index >= 15 is 0 Å². The average molecular weight is 523 g/mol. The second-order valence-corrected chi connectivity index (χ2v) is 9.75. The molecule has 1 aromatic heterocycles. The highest BCUT2D eigenvalue weighted by atomic mass is 32.1. The van der Waals surface area contributed by atoms with E-state index in [0.29, 0.717) is 24.6 Å². The molecule has 1 aliphatic heterocycles. The lowest BCUT2D eigenvalue weighted by atomic mass is 9.97. The van der Waals surface area contributed by atoms with Crippen molar-refractivity contribution in [2.24, 2.45) is 0 Å². The fraction of sp³-hybridized carbons (Fsp3) is 0.333. The molecule has 1 aliphatic rings. The summed E-state index contributed by atoms with van der Waals surface area (Å²) >= 11 is 1.41. The van der Waals surface area contributed by atoms with Gasteiger partial charge in [0.15, 0.2) is 13.2 Å². The van der Waals surface area contributed by atoms with E-state index in [1.54, 1.807) is 29.6 Å². The van der Waals surface area contributed by atoms with Gasteiger partial charge in [0.1, 0.15) is 17.2 Å². The van der Waals surface area contributed by atoms with E-state index in [1.165, 1.54) is 16.9 Å². The summed E-state index contributed by atoms with van der Waals surface area (Å²) in [6.45, 7) is 5.06. The zero-order valence-electron chi connectivity index (χ0n) is 20.9. The number of thiazole rings is 1. The molecular weight excluding hydrogens is 492 g/mol. The lowest BCUT2D eigenvalue weighted by Gasteiger charge is -2.31. The summed E-state index contributed by atoms with van der Waals surface area (Å²) in [4.78, 5) is 43.2. The maximum absolute atomic E-state index is 12.6. The van der Waals surface area contributed by atoms with E-state index in [4.69, 9.17) is 9.47 Å². The third-order valence-corrected chi connectivity index (χ3v) is 7.23. The fourth-order valence-corrected chi connectivity index (χ4v) is 4.86. The zero-order valence-corrected chi connectivity index (χ0v) is 21.7. The molecule has 1 saturated heterocycles. The predicted molar refractivity (Wildman–Crippen MR) is 140 cm³/mol. The van der Waals surface area contributed by atoms with Gasteiger partial charge in [-0.05, 0) is 62.1 Å². The Kier molecular flexibility index (Phi) is 8.73. The first kappa shape index (κ1) is 26.2. The van der Waals surface area contributed by atoms with E-state index in [1.807, 2.05) is 43.0 Å². The second-order valence-electron chi connectivity index (χ2n) is 8.86. The minimum atomic E-state index is -0.494. The smallest absolute Gasteiger partial charge is 0.289 e. The van der Waals surface area contributed by atoms with Crippen LogP contribution in [0.1, 0.15) is 45.4 Å². The van der Waals surface area contributed by atoms with Gasteiger partial charge in [0.25, 0.3) is 17.7 Å². The largest absolute Gasteiger partial charge is 0.484 e. The van der Waals surface area contributed by atoms with Crippen molar-refractivity contribution < 1.29 is 23.9 Å². The number of aryl methyl sites for hydroxylation is 2. The molecule has 3 aromatic rings. The SMILES string of the molecule is Cc1ccc(OCC(=O)N2CCC(c3nc(C(=O)NNC(=O)COc4ccccc4)cs3)CC2)cc1C. The number of aromatic nitrogens is 1. The number of rotatable bonds is 8. The van der Waals surface area contributed by atoms with Crippen molar-refractivity contribution >= 4 is 29.1 Å². The maximum Gasteiger partial charge on any atom is 0.289 e. The van der Waals surface area contributed by atoms with Crippen LogP contribution in [0.3, 0.4) is 0 Å². The number of para-hydroxylation sites is 1. The molecule has 194 valence electrons. The van der Waals surface area contributed by atoms with E-state index in [9.17, 15) is 14.4 Å². The Morgan fingerprint density at radius 1 is 0.946 bits per heavy atom. The van der Waals surface area contributed by atoms with Gasteiger partial charge in [0, 0.05) is 24.4 Å². The van der Waals surface area contributed by atoms with E-state index in [-0.39, 0.29) is 30.7 Å². The number of piperidine rings is 1. The number of nitrogens with zero attached hydrogens (tertiary/aromatic N) is 2. The molecule has 0 saturated carbocycles. The minimum Gasteiger partial charge on any atom is -0.484 e. The highest BCUT2D eigenvalue weighted by Crippen LogP contribution is 2.30. The lowest BCUT2D eigenvalue weighted by Crippen LogP contribution is -2.44. The van der Waals surface area contributed by atoms with Gasteiger partial charge in [0.2, 0.25) is 0 Å². The number of hydrazine groups is 1. The molecule has 0 atom stereocenters. The predicted octanol–water partition coefficient (Wildman–Crippen LogP) is 3.38. The lowest BCUT2D eigenvalue weighted by molar-refractivity contribution is -0.134. The summed E-state index contributed by atoms with van der Waals surface area (Å²) in [6, 6.07) is 14.7. The van der Waals surface area contributed by atoms with Crippen LogP contribution in [0.2, 0.25) is 0 Å². The molecule has 2 N–H and O–H groups in total. The number of likely N-dealkylation sites (tertiary alicyclic amines) is 1. The van der Waals surface area contributed by atoms with Crippen LogP contribution in [0, 0.1) is 13.8 Å². The molecule has 0 spiro atoms. The van der Waals surface area contributed by atoms with Crippen LogP contribution in [0.25, 0.3) is 0 Å². The number of hydrogen-bond donors (Lipinski definition) is 2. The van der Waals surface area contributed by atoms with E-state index in [0.717, 1.165) is 23.4 Å². The van der Waals surface area contributed by atoms with Gasteiger partial charge in [-0.15, -0.1) is 11.3 Å². The topological polar surface area (TPSA) is 110 Å². The first-order valence-electron chi connectivity index (χ1n) is 12.1. The number of nitrogens with one attached hydrogen (secondary N) is 2. The summed E-state index contributed by atoms with van der Waals surface area (Å²) in [6.07, 6.45) is 1.52. The molecule has 10 heteroatoms. The average Bonchev–Trinajstić information content (AvgIpc) is 3.42. The molecular formula is C27H30N4O5S. The van der Waals surface area contributed by atoms with Crippen LogP contribution in [0.4, 0.5) is 0 Å². The molecule has 3 amide bonds. The van der Waals surface area contributed by atoms with Crippen molar-refractivity contribution in [2.45, 2.75) is 32.6 Å². The molecule has 0 radical (unpaired) electrons. The van der Waals surface area contributed by atoms with Crippen LogP contribution >= 0.6 is 11.3 Å². The fourth-order valence-electron chi connectivity index (χ4n) is 3.89. The zero-order chi connectivity index (χ0) is 26.2. The Labute approximate surface area is 219 Å². The van der Waals surface area contributed by atoms with E-state index < -0.39 is 11.8 Å². The number of carbonyl (C=O) groups is 3. The molecule has 37 heavy (non-hydrogen) atoms. The van der Waals surface area contributed by atoms with Crippen molar-refractivity contribution in [3.63, 3.8) is 0 Å². The molecule has 2 heterocycles. The Bertz CT molecular complexity index is 1240. The van der Waals surface area contributed by atoms with Crippen molar-refractivity contribution in [1.82, 2.24) is 20.7 Å². The highest BCUT2D eigenvalue weighted by Gasteiger charge is 2.26. The van der Waals surface area contributed by atoms with E-state index in [2.05, 4.69) is 15.8 Å². The van der Waals surface area contributed by atoms with Crippen LogP contribution in [-0.4, -0.2) is 53.9 Å². The highest BCUT2D eigenvalue weighted by molar-refractivity contribution is 7.09. The Morgan fingerprint density at radius 3 is 2.41 bits per heavy atom. The van der Waals surface area contributed by atoms with Crippen LogP contribution < -0.4 is 20.3 Å². The summed E-state index contributed by atoms with van der Waals surface area (Å²) < 4.78 is 11.0. The Morgan fingerprint density at radius 2 is 1.68 bits per heavy atom.